The molecule has 0 radical (unpaired) electrons. The number of rotatable bonds is 2. The van der Waals surface area contributed by atoms with Crippen LogP contribution in [0.5, 0.6) is 0 Å². The SMILES string of the molecule is Nc1ccc(CF)c([N+](=O)[O-])c1. The number of nitro benzene ring substituents is 1. The fourth-order valence-electron chi connectivity index (χ4n) is 0.864. The van der Waals surface area contributed by atoms with Gasteiger partial charge in [0, 0.05) is 11.8 Å². The Kier molecular flexibility index (Phi) is 2.23. The van der Waals surface area contributed by atoms with Crippen molar-refractivity contribution in [2.45, 2.75) is 6.67 Å². The van der Waals surface area contributed by atoms with Gasteiger partial charge in [-0.2, -0.15) is 0 Å². The summed E-state index contributed by atoms with van der Waals surface area (Å²) < 4.78 is 12.1. The molecule has 0 fully saturated rings. The molecule has 0 aliphatic heterocycles. The molecule has 4 nitrogen and oxygen atoms in total. The molecule has 0 saturated carbocycles. The van der Waals surface area contributed by atoms with Crippen molar-refractivity contribution >= 4 is 11.4 Å². The lowest BCUT2D eigenvalue weighted by Gasteiger charge is -1.98. The van der Waals surface area contributed by atoms with Crippen molar-refractivity contribution < 1.29 is 9.31 Å². The van der Waals surface area contributed by atoms with E-state index in [4.69, 9.17) is 5.73 Å². The molecule has 0 saturated heterocycles. The van der Waals surface area contributed by atoms with Crippen molar-refractivity contribution in [3.8, 4) is 0 Å². The molecule has 64 valence electrons. The third kappa shape index (κ3) is 1.50. The fraction of sp³-hybridized carbons (Fsp3) is 0.143. The van der Waals surface area contributed by atoms with E-state index in [1.807, 2.05) is 0 Å². The highest BCUT2D eigenvalue weighted by molar-refractivity contribution is 5.52. The van der Waals surface area contributed by atoms with Crippen LogP contribution in [0.1, 0.15) is 5.56 Å². The average Bonchev–Trinajstić information content (AvgIpc) is 2.04. The first-order valence-electron chi connectivity index (χ1n) is 3.24. The number of nitro groups is 1. The molecule has 0 spiro atoms. The molecule has 1 aromatic rings. The van der Waals surface area contributed by atoms with Crippen molar-refractivity contribution in [2.24, 2.45) is 0 Å². The van der Waals surface area contributed by atoms with Gasteiger partial charge in [0.25, 0.3) is 5.69 Å². The van der Waals surface area contributed by atoms with E-state index in [0.29, 0.717) is 0 Å². The maximum Gasteiger partial charge on any atom is 0.277 e. The molecule has 12 heavy (non-hydrogen) atoms. The Morgan fingerprint density at radius 1 is 1.58 bits per heavy atom. The van der Waals surface area contributed by atoms with Crippen LogP contribution < -0.4 is 5.73 Å². The van der Waals surface area contributed by atoms with Crippen molar-refractivity contribution in [1.82, 2.24) is 0 Å². The predicted molar refractivity (Wildman–Crippen MR) is 42.3 cm³/mol. The second-order valence-electron chi connectivity index (χ2n) is 2.28. The Morgan fingerprint density at radius 3 is 2.75 bits per heavy atom. The van der Waals surface area contributed by atoms with Gasteiger partial charge in [-0.1, -0.05) is 0 Å². The zero-order valence-electron chi connectivity index (χ0n) is 6.16. The molecule has 0 unspecified atom stereocenters. The summed E-state index contributed by atoms with van der Waals surface area (Å²) in [5, 5.41) is 10.3. The Bertz CT molecular complexity index is 314. The Balaban J connectivity index is 3.21. The lowest BCUT2D eigenvalue weighted by molar-refractivity contribution is -0.385. The first kappa shape index (κ1) is 8.45. The predicted octanol–water partition coefficient (Wildman–Crippen LogP) is 1.65. The van der Waals surface area contributed by atoms with Crippen molar-refractivity contribution in [2.75, 3.05) is 5.73 Å². The second kappa shape index (κ2) is 3.17. The molecule has 2 N–H and O–H groups in total. The quantitative estimate of drug-likeness (QED) is 0.416. The number of nitrogen functional groups attached to an aromatic ring is 1. The molecule has 0 aliphatic rings. The van der Waals surface area contributed by atoms with Crippen LogP contribution in [0.3, 0.4) is 0 Å². The highest BCUT2D eigenvalue weighted by Crippen LogP contribution is 2.21. The van der Waals surface area contributed by atoms with Crippen molar-refractivity contribution in [3.05, 3.63) is 33.9 Å². The zero-order chi connectivity index (χ0) is 9.14. The molecule has 0 amide bonds. The largest absolute Gasteiger partial charge is 0.399 e. The average molecular weight is 170 g/mol. The highest BCUT2D eigenvalue weighted by atomic mass is 19.1. The number of benzene rings is 1. The van der Waals surface area contributed by atoms with Gasteiger partial charge in [-0.05, 0) is 12.1 Å². The van der Waals surface area contributed by atoms with Gasteiger partial charge in [0.2, 0.25) is 0 Å². The first-order valence-corrected chi connectivity index (χ1v) is 3.24. The van der Waals surface area contributed by atoms with E-state index in [0.717, 1.165) is 6.07 Å². The lowest BCUT2D eigenvalue weighted by Crippen LogP contribution is -1.95. The van der Waals surface area contributed by atoms with Gasteiger partial charge in [0.05, 0.1) is 10.5 Å². The van der Waals surface area contributed by atoms with E-state index < -0.39 is 11.6 Å². The Labute approximate surface area is 68.0 Å². The first-order chi connectivity index (χ1) is 5.65. The summed E-state index contributed by atoms with van der Waals surface area (Å²) in [5.41, 5.74) is 5.34. The zero-order valence-corrected chi connectivity index (χ0v) is 6.16. The van der Waals surface area contributed by atoms with Gasteiger partial charge < -0.3 is 5.73 Å². The summed E-state index contributed by atoms with van der Waals surface area (Å²) in [6.07, 6.45) is 0. The number of hydrogen-bond donors (Lipinski definition) is 1. The Hall–Kier alpha value is -1.65. The number of nitrogens with two attached hydrogens (primary N) is 1. The van der Waals surface area contributed by atoms with E-state index in [2.05, 4.69) is 0 Å². The monoisotopic (exact) mass is 170 g/mol. The van der Waals surface area contributed by atoms with Gasteiger partial charge in [0.1, 0.15) is 6.67 Å². The van der Waals surface area contributed by atoms with E-state index in [1.54, 1.807) is 0 Å². The van der Waals surface area contributed by atoms with Crippen molar-refractivity contribution in [1.29, 1.82) is 0 Å². The van der Waals surface area contributed by atoms with Crippen LogP contribution in [-0.4, -0.2) is 4.92 Å². The van der Waals surface area contributed by atoms with Gasteiger partial charge >= 0.3 is 0 Å². The molecule has 1 aromatic carbocycles. The van der Waals surface area contributed by atoms with Crippen LogP contribution in [0.15, 0.2) is 18.2 Å². The topological polar surface area (TPSA) is 69.2 Å². The standard InChI is InChI=1S/C7H7FN2O2/c8-4-5-1-2-6(9)3-7(5)10(11)12/h1-3H,4,9H2. The number of anilines is 1. The molecule has 0 bridgehead atoms. The number of halogens is 1. The van der Waals surface area contributed by atoms with Crippen molar-refractivity contribution in [3.63, 3.8) is 0 Å². The van der Waals surface area contributed by atoms with E-state index in [1.165, 1.54) is 12.1 Å². The summed E-state index contributed by atoms with van der Waals surface area (Å²) in [7, 11) is 0. The van der Waals surface area contributed by atoms with E-state index >= 15 is 0 Å². The molecule has 0 aliphatic carbocycles. The molecule has 0 atom stereocenters. The van der Waals surface area contributed by atoms with Crippen LogP contribution in [0.2, 0.25) is 0 Å². The second-order valence-corrected chi connectivity index (χ2v) is 2.28. The molecule has 0 aromatic heterocycles. The fourth-order valence-corrected chi connectivity index (χ4v) is 0.864. The van der Waals surface area contributed by atoms with Gasteiger partial charge in [-0.3, -0.25) is 10.1 Å². The maximum atomic E-state index is 12.1. The number of alkyl halides is 1. The third-order valence-corrected chi connectivity index (χ3v) is 1.45. The van der Waals surface area contributed by atoms with Crippen LogP contribution in [0.4, 0.5) is 15.8 Å². The summed E-state index contributed by atoms with van der Waals surface area (Å²) in [6, 6.07) is 3.89. The van der Waals surface area contributed by atoms with Crippen LogP contribution in [0.25, 0.3) is 0 Å². The highest BCUT2D eigenvalue weighted by Gasteiger charge is 2.12. The van der Waals surface area contributed by atoms with Crippen LogP contribution in [-0.2, 0) is 6.67 Å². The third-order valence-electron chi connectivity index (χ3n) is 1.45. The minimum Gasteiger partial charge on any atom is -0.399 e. The minimum atomic E-state index is -0.851. The summed E-state index contributed by atoms with van der Waals surface area (Å²) >= 11 is 0. The van der Waals surface area contributed by atoms with Crippen LogP contribution in [0, 0.1) is 10.1 Å². The van der Waals surface area contributed by atoms with Gasteiger partial charge in [-0.15, -0.1) is 0 Å². The van der Waals surface area contributed by atoms with Gasteiger partial charge in [-0.25, -0.2) is 4.39 Å². The van der Waals surface area contributed by atoms with Crippen LogP contribution >= 0.6 is 0 Å². The Morgan fingerprint density at radius 2 is 2.25 bits per heavy atom. The molecule has 0 heterocycles. The van der Waals surface area contributed by atoms with Gasteiger partial charge in [0.15, 0.2) is 0 Å². The minimum absolute atomic E-state index is 0.0502. The molecule has 5 heteroatoms. The number of hydrogen-bond acceptors (Lipinski definition) is 3. The molecular weight excluding hydrogens is 163 g/mol. The van der Waals surface area contributed by atoms with E-state index in [-0.39, 0.29) is 16.9 Å². The lowest BCUT2D eigenvalue weighted by atomic mass is 10.2. The normalized spacial score (nSPS) is 9.75. The summed E-state index contributed by atoms with van der Waals surface area (Å²) in [6.45, 7) is -0.851. The summed E-state index contributed by atoms with van der Waals surface area (Å²) in [5.74, 6) is 0. The molecular formula is C7H7FN2O2. The number of nitrogens with zero attached hydrogens (tertiary/aromatic N) is 1. The smallest absolute Gasteiger partial charge is 0.277 e. The maximum absolute atomic E-state index is 12.1. The molecule has 1 rings (SSSR count). The summed E-state index contributed by atoms with van der Waals surface area (Å²) in [4.78, 5) is 9.67. The van der Waals surface area contributed by atoms with E-state index in [9.17, 15) is 14.5 Å².